The molecule has 1 aromatic heterocycles. The molecule has 0 saturated heterocycles. The van der Waals surface area contributed by atoms with Crippen LogP contribution < -0.4 is 0 Å². The standard InChI is InChI=1S/C16H14N2O2/c1-10-2-4-11(5-3-10)14-9-17-18-16(14)13-7-6-12(19)8-15(13)20/h2-9,19-20H,1H3,(H,17,18). The predicted molar refractivity (Wildman–Crippen MR) is 77.5 cm³/mol. The molecule has 2 aromatic carbocycles. The van der Waals surface area contributed by atoms with Gasteiger partial charge in [0.15, 0.2) is 0 Å². The highest BCUT2D eigenvalue weighted by atomic mass is 16.3. The minimum Gasteiger partial charge on any atom is -0.508 e. The number of hydrogen-bond acceptors (Lipinski definition) is 3. The normalized spacial score (nSPS) is 10.7. The maximum absolute atomic E-state index is 9.97. The number of phenolic OH excluding ortho intramolecular Hbond substituents is 2. The van der Waals surface area contributed by atoms with E-state index in [9.17, 15) is 10.2 Å². The molecular formula is C16H14N2O2. The SMILES string of the molecule is Cc1ccc(-c2cn[nH]c2-c2ccc(O)cc2O)cc1. The van der Waals surface area contributed by atoms with Crippen LogP contribution in [0.25, 0.3) is 22.4 Å². The molecule has 3 N–H and O–H groups in total. The summed E-state index contributed by atoms with van der Waals surface area (Å²) in [5.41, 5.74) is 4.45. The quantitative estimate of drug-likeness (QED) is 0.665. The molecule has 0 amide bonds. The Morgan fingerprint density at radius 2 is 1.70 bits per heavy atom. The zero-order valence-electron chi connectivity index (χ0n) is 11.0. The van der Waals surface area contributed by atoms with Gasteiger partial charge in [-0.3, -0.25) is 5.10 Å². The molecule has 20 heavy (non-hydrogen) atoms. The Labute approximate surface area is 116 Å². The van der Waals surface area contributed by atoms with Crippen LogP contribution in [0.2, 0.25) is 0 Å². The molecule has 3 aromatic rings. The first-order valence-corrected chi connectivity index (χ1v) is 6.28. The monoisotopic (exact) mass is 266 g/mol. The van der Waals surface area contributed by atoms with Gasteiger partial charge in [-0.15, -0.1) is 0 Å². The van der Waals surface area contributed by atoms with Crippen molar-refractivity contribution in [3.05, 3.63) is 54.2 Å². The highest BCUT2D eigenvalue weighted by Gasteiger charge is 2.13. The number of nitrogens with one attached hydrogen (secondary N) is 1. The molecule has 0 aliphatic carbocycles. The van der Waals surface area contributed by atoms with Crippen LogP contribution in [-0.2, 0) is 0 Å². The Bertz CT molecular complexity index is 745. The summed E-state index contributed by atoms with van der Waals surface area (Å²) in [7, 11) is 0. The Morgan fingerprint density at radius 3 is 2.40 bits per heavy atom. The van der Waals surface area contributed by atoms with Crippen LogP contribution in [0, 0.1) is 6.92 Å². The van der Waals surface area contributed by atoms with Crippen LogP contribution in [0.3, 0.4) is 0 Å². The number of aryl methyl sites for hydroxylation is 1. The highest BCUT2D eigenvalue weighted by Crippen LogP contribution is 2.36. The molecule has 4 heteroatoms. The van der Waals surface area contributed by atoms with E-state index in [4.69, 9.17) is 0 Å². The molecule has 0 unspecified atom stereocenters. The van der Waals surface area contributed by atoms with Gasteiger partial charge in [0, 0.05) is 17.2 Å². The smallest absolute Gasteiger partial charge is 0.128 e. The Hall–Kier alpha value is -2.75. The van der Waals surface area contributed by atoms with E-state index in [1.165, 1.54) is 17.7 Å². The third-order valence-corrected chi connectivity index (χ3v) is 3.25. The average Bonchev–Trinajstić information content (AvgIpc) is 2.88. The number of aromatic hydroxyl groups is 2. The fraction of sp³-hybridized carbons (Fsp3) is 0.0625. The molecule has 0 fully saturated rings. The van der Waals surface area contributed by atoms with Gasteiger partial charge in [-0.1, -0.05) is 29.8 Å². The van der Waals surface area contributed by atoms with Gasteiger partial charge in [-0.05, 0) is 24.6 Å². The van der Waals surface area contributed by atoms with Crippen LogP contribution in [0.5, 0.6) is 11.5 Å². The lowest BCUT2D eigenvalue weighted by Crippen LogP contribution is -1.84. The zero-order valence-corrected chi connectivity index (χ0v) is 11.0. The van der Waals surface area contributed by atoms with E-state index < -0.39 is 0 Å². The van der Waals surface area contributed by atoms with Crippen molar-refractivity contribution in [2.75, 3.05) is 0 Å². The lowest BCUT2D eigenvalue weighted by atomic mass is 10.0. The van der Waals surface area contributed by atoms with Crippen molar-refractivity contribution in [3.63, 3.8) is 0 Å². The summed E-state index contributed by atoms with van der Waals surface area (Å²) in [6.07, 6.45) is 1.73. The summed E-state index contributed by atoms with van der Waals surface area (Å²) in [5.74, 6) is 0.0465. The third-order valence-electron chi connectivity index (χ3n) is 3.25. The van der Waals surface area contributed by atoms with Crippen molar-refractivity contribution in [1.82, 2.24) is 10.2 Å². The lowest BCUT2D eigenvalue weighted by Gasteiger charge is -2.06. The van der Waals surface area contributed by atoms with Crippen molar-refractivity contribution in [2.45, 2.75) is 6.92 Å². The van der Waals surface area contributed by atoms with Crippen molar-refractivity contribution in [3.8, 4) is 33.9 Å². The van der Waals surface area contributed by atoms with Gasteiger partial charge in [0.25, 0.3) is 0 Å². The molecule has 1 heterocycles. The number of rotatable bonds is 2. The highest BCUT2D eigenvalue weighted by molar-refractivity contribution is 5.83. The van der Waals surface area contributed by atoms with Gasteiger partial charge >= 0.3 is 0 Å². The van der Waals surface area contributed by atoms with E-state index in [1.54, 1.807) is 12.3 Å². The fourth-order valence-electron chi connectivity index (χ4n) is 2.17. The molecule has 4 nitrogen and oxygen atoms in total. The van der Waals surface area contributed by atoms with Crippen LogP contribution in [0.4, 0.5) is 0 Å². The Balaban J connectivity index is 2.12. The van der Waals surface area contributed by atoms with Crippen LogP contribution in [0.1, 0.15) is 5.56 Å². The summed E-state index contributed by atoms with van der Waals surface area (Å²) in [6.45, 7) is 2.03. The first kappa shape index (κ1) is 12.3. The van der Waals surface area contributed by atoms with E-state index in [0.29, 0.717) is 5.56 Å². The number of nitrogens with zero attached hydrogens (tertiary/aromatic N) is 1. The van der Waals surface area contributed by atoms with Gasteiger partial charge in [0.2, 0.25) is 0 Å². The van der Waals surface area contributed by atoms with Gasteiger partial charge in [-0.2, -0.15) is 5.10 Å². The minimum atomic E-state index is 0.0163. The number of hydrogen-bond donors (Lipinski definition) is 3. The molecule has 0 atom stereocenters. The van der Waals surface area contributed by atoms with Gasteiger partial charge in [0.1, 0.15) is 11.5 Å². The molecule has 0 saturated carbocycles. The fourth-order valence-corrected chi connectivity index (χ4v) is 2.17. The third kappa shape index (κ3) is 2.12. The lowest BCUT2D eigenvalue weighted by molar-refractivity contribution is 0.452. The van der Waals surface area contributed by atoms with Crippen molar-refractivity contribution >= 4 is 0 Å². The van der Waals surface area contributed by atoms with Crippen molar-refractivity contribution in [2.24, 2.45) is 0 Å². The van der Waals surface area contributed by atoms with Crippen LogP contribution >= 0.6 is 0 Å². The first-order valence-electron chi connectivity index (χ1n) is 6.28. The summed E-state index contributed by atoms with van der Waals surface area (Å²) < 4.78 is 0. The molecule has 0 spiro atoms. The molecule has 0 bridgehead atoms. The van der Waals surface area contributed by atoms with Crippen LogP contribution in [0.15, 0.2) is 48.7 Å². The second-order valence-corrected chi connectivity index (χ2v) is 4.73. The summed E-state index contributed by atoms with van der Waals surface area (Å²) in [4.78, 5) is 0. The average molecular weight is 266 g/mol. The second kappa shape index (κ2) is 4.74. The summed E-state index contributed by atoms with van der Waals surface area (Å²) in [6, 6.07) is 12.6. The van der Waals surface area contributed by atoms with E-state index >= 15 is 0 Å². The van der Waals surface area contributed by atoms with E-state index in [-0.39, 0.29) is 11.5 Å². The topological polar surface area (TPSA) is 69.1 Å². The minimum absolute atomic E-state index is 0.0163. The number of H-pyrrole nitrogens is 1. The number of aromatic amines is 1. The predicted octanol–water partition coefficient (Wildman–Crippen LogP) is 3.46. The second-order valence-electron chi connectivity index (χ2n) is 4.73. The van der Waals surface area contributed by atoms with Crippen molar-refractivity contribution < 1.29 is 10.2 Å². The molecule has 0 radical (unpaired) electrons. The van der Waals surface area contributed by atoms with Gasteiger partial charge in [-0.25, -0.2) is 0 Å². The molecular weight excluding hydrogens is 252 g/mol. The van der Waals surface area contributed by atoms with Crippen LogP contribution in [-0.4, -0.2) is 20.4 Å². The molecule has 3 rings (SSSR count). The summed E-state index contributed by atoms with van der Waals surface area (Å²) in [5, 5.41) is 26.3. The zero-order chi connectivity index (χ0) is 14.1. The largest absolute Gasteiger partial charge is 0.508 e. The van der Waals surface area contributed by atoms with Crippen molar-refractivity contribution in [1.29, 1.82) is 0 Å². The maximum Gasteiger partial charge on any atom is 0.128 e. The number of benzene rings is 2. The number of phenols is 2. The van der Waals surface area contributed by atoms with E-state index in [1.807, 2.05) is 31.2 Å². The van der Waals surface area contributed by atoms with E-state index in [0.717, 1.165) is 16.8 Å². The number of aromatic nitrogens is 2. The Kier molecular flexibility index (Phi) is 2.91. The Morgan fingerprint density at radius 1 is 0.950 bits per heavy atom. The first-order chi connectivity index (χ1) is 9.65. The molecule has 100 valence electrons. The van der Waals surface area contributed by atoms with Gasteiger partial charge < -0.3 is 10.2 Å². The summed E-state index contributed by atoms with van der Waals surface area (Å²) >= 11 is 0. The maximum atomic E-state index is 9.97. The molecule has 0 aliphatic heterocycles. The van der Waals surface area contributed by atoms with Gasteiger partial charge in [0.05, 0.1) is 11.9 Å². The molecule has 0 aliphatic rings. The van der Waals surface area contributed by atoms with E-state index in [2.05, 4.69) is 10.2 Å².